The minimum absolute atomic E-state index is 0.0833. The zero-order valence-electron chi connectivity index (χ0n) is 8.67. The fraction of sp³-hybridized carbons (Fsp3) is 0.0909. The Hall–Kier alpha value is -2.37. The summed E-state index contributed by atoms with van der Waals surface area (Å²) in [5.41, 5.74) is 0.255. The van der Waals surface area contributed by atoms with E-state index in [2.05, 4.69) is 5.10 Å². The number of aromatic carboxylic acids is 1. The molecule has 1 aromatic carbocycles. The third-order valence-electron chi connectivity index (χ3n) is 2.24. The molecule has 17 heavy (non-hydrogen) atoms. The Morgan fingerprint density at radius 2 is 2.24 bits per heavy atom. The molecule has 1 heterocycles. The van der Waals surface area contributed by atoms with Crippen LogP contribution in [0.3, 0.4) is 0 Å². The molecule has 0 atom stereocenters. The normalized spacial score (nSPS) is 10.4. The van der Waals surface area contributed by atoms with Crippen molar-refractivity contribution in [3.05, 3.63) is 47.5 Å². The third kappa shape index (κ3) is 2.25. The number of aromatic nitrogens is 2. The Morgan fingerprint density at radius 3 is 2.88 bits per heavy atom. The second kappa shape index (κ2) is 4.25. The fourth-order valence-electron chi connectivity index (χ4n) is 1.52. The van der Waals surface area contributed by atoms with Gasteiger partial charge in [0.05, 0.1) is 12.7 Å². The summed E-state index contributed by atoms with van der Waals surface area (Å²) in [6.07, 6.45) is 1.04. The standard InChI is InChI=1S/C11H9FN2O3/c12-8-3-1-2-7(4-8)6-14-10(11(16)17)9(15)5-13-14/h1-5,15H,6H2,(H,16,17). The van der Waals surface area contributed by atoms with Crippen LogP contribution in [0.5, 0.6) is 5.75 Å². The van der Waals surface area contributed by atoms with Crippen LogP contribution >= 0.6 is 0 Å². The highest BCUT2D eigenvalue weighted by Gasteiger charge is 2.17. The van der Waals surface area contributed by atoms with E-state index in [0.717, 1.165) is 10.9 Å². The molecule has 1 aromatic heterocycles. The number of rotatable bonds is 3. The molecule has 88 valence electrons. The fourth-order valence-corrected chi connectivity index (χ4v) is 1.52. The highest BCUT2D eigenvalue weighted by Crippen LogP contribution is 2.17. The van der Waals surface area contributed by atoms with Crippen LogP contribution in [0.15, 0.2) is 30.5 Å². The number of carboxylic acids is 1. The van der Waals surface area contributed by atoms with E-state index in [1.165, 1.54) is 18.2 Å². The van der Waals surface area contributed by atoms with Gasteiger partial charge in [0.15, 0.2) is 11.4 Å². The molecular weight excluding hydrogens is 227 g/mol. The van der Waals surface area contributed by atoms with Gasteiger partial charge in [0.25, 0.3) is 0 Å². The monoisotopic (exact) mass is 236 g/mol. The number of carbonyl (C=O) groups is 1. The number of benzene rings is 1. The Kier molecular flexibility index (Phi) is 2.78. The van der Waals surface area contributed by atoms with Gasteiger partial charge in [-0.25, -0.2) is 9.18 Å². The number of hydrogen-bond acceptors (Lipinski definition) is 3. The van der Waals surface area contributed by atoms with Crippen LogP contribution in [0.1, 0.15) is 16.1 Å². The number of aromatic hydroxyl groups is 1. The Bertz CT molecular complexity index is 566. The van der Waals surface area contributed by atoms with E-state index in [1.54, 1.807) is 6.07 Å². The number of halogens is 1. The second-order valence-corrected chi connectivity index (χ2v) is 3.47. The van der Waals surface area contributed by atoms with Crippen LogP contribution in [0, 0.1) is 5.82 Å². The van der Waals surface area contributed by atoms with Crippen molar-refractivity contribution in [2.75, 3.05) is 0 Å². The quantitative estimate of drug-likeness (QED) is 0.846. The molecule has 0 aliphatic heterocycles. The predicted octanol–water partition coefficient (Wildman–Crippen LogP) is 1.47. The Morgan fingerprint density at radius 1 is 1.47 bits per heavy atom. The van der Waals surface area contributed by atoms with Crippen molar-refractivity contribution < 1.29 is 19.4 Å². The van der Waals surface area contributed by atoms with E-state index in [1.807, 2.05) is 0 Å². The molecule has 0 aliphatic rings. The van der Waals surface area contributed by atoms with Crippen molar-refractivity contribution in [3.63, 3.8) is 0 Å². The maximum Gasteiger partial charge on any atom is 0.358 e. The van der Waals surface area contributed by atoms with Crippen LogP contribution < -0.4 is 0 Å². The second-order valence-electron chi connectivity index (χ2n) is 3.47. The first kappa shape index (κ1) is 11.1. The molecule has 0 saturated carbocycles. The van der Waals surface area contributed by atoms with Gasteiger partial charge in [0.1, 0.15) is 5.82 Å². The van der Waals surface area contributed by atoms with Crippen molar-refractivity contribution >= 4 is 5.97 Å². The molecule has 0 spiro atoms. The average Bonchev–Trinajstić information content (AvgIpc) is 2.59. The first-order valence-electron chi connectivity index (χ1n) is 4.80. The molecule has 0 saturated heterocycles. The van der Waals surface area contributed by atoms with Gasteiger partial charge in [-0.15, -0.1) is 0 Å². The van der Waals surface area contributed by atoms with Gasteiger partial charge in [-0.2, -0.15) is 5.10 Å². The Labute approximate surface area is 95.7 Å². The van der Waals surface area contributed by atoms with Gasteiger partial charge in [-0.1, -0.05) is 12.1 Å². The molecule has 0 radical (unpaired) electrons. The van der Waals surface area contributed by atoms with Crippen molar-refractivity contribution in [3.8, 4) is 5.75 Å². The maximum absolute atomic E-state index is 12.9. The van der Waals surface area contributed by atoms with Crippen molar-refractivity contribution in [1.82, 2.24) is 9.78 Å². The lowest BCUT2D eigenvalue weighted by Gasteiger charge is -2.04. The molecule has 0 bridgehead atoms. The summed E-state index contributed by atoms with van der Waals surface area (Å²) < 4.78 is 14.0. The van der Waals surface area contributed by atoms with Gasteiger partial charge < -0.3 is 10.2 Å². The first-order valence-corrected chi connectivity index (χ1v) is 4.80. The number of nitrogens with zero attached hydrogens (tertiary/aromatic N) is 2. The summed E-state index contributed by atoms with van der Waals surface area (Å²) in [7, 11) is 0. The third-order valence-corrected chi connectivity index (χ3v) is 2.24. The van der Waals surface area contributed by atoms with Gasteiger partial charge >= 0.3 is 5.97 Å². The SMILES string of the molecule is O=C(O)c1c(O)cnn1Cc1cccc(F)c1. The van der Waals surface area contributed by atoms with E-state index in [4.69, 9.17) is 5.11 Å². The molecule has 5 nitrogen and oxygen atoms in total. The predicted molar refractivity (Wildman–Crippen MR) is 56.4 cm³/mol. The van der Waals surface area contributed by atoms with Crippen molar-refractivity contribution in [2.24, 2.45) is 0 Å². The van der Waals surface area contributed by atoms with Crippen LogP contribution in [0.2, 0.25) is 0 Å². The van der Waals surface area contributed by atoms with Gasteiger partial charge in [0.2, 0.25) is 0 Å². The molecule has 0 fully saturated rings. The average molecular weight is 236 g/mol. The summed E-state index contributed by atoms with van der Waals surface area (Å²) in [5.74, 6) is -2.10. The molecule has 6 heteroatoms. The van der Waals surface area contributed by atoms with Crippen molar-refractivity contribution in [2.45, 2.75) is 6.54 Å². The molecular formula is C11H9FN2O3. The molecule has 0 amide bonds. The van der Waals surface area contributed by atoms with Crippen LogP contribution in [-0.2, 0) is 6.54 Å². The van der Waals surface area contributed by atoms with Crippen LogP contribution in [-0.4, -0.2) is 26.0 Å². The summed E-state index contributed by atoms with van der Waals surface area (Å²) in [5, 5.41) is 21.9. The van der Waals surface area contributed by atoms with Gasteiger partial charge in [-0.3, -0.25) is 4.68 Å². The summed E-state index contributed by atoms with van der Waals surface area (Å²) >= 11 is 0. The number of hydrogen-bond donors (Lipinski definition) is 2. The topological polar surface area (TPSA) is 75.3 Å². The summed E-state index contributed by atoms with van der Waals surface area (Å²) in [6, 6.07) is 5.74. The highest BCUT2D eigenvalue weighted by molar-refractivity contribution is 5.88. The van der Waals surface area contributed by atoms with Gasteiger partial charge in [0, 0.05) is 0 Å². The van der Waals surface area contributed by atoms with E-state index in [-0.39, 0.29) is 12.2 Å². The lowest BCUT2D eigenvalue weighted by atomic mass is 10.2. The first-order chi connectivity index (χ1) is 8.08. The number of carboxylic acid groups (broad SMARTS) is 1. The van der Waals surface area contributed by atoms with E-state index >= 15 is 0 Å². The minimum Gasteiger partial charge on any atom is -0.504 e. The van der Waals surface area contributed by atoms with E-state index in [0.29, 0.717) is 5.56 Å². The lowest BCUT2D eigenvalue weighted by molar-refractivity contribution is 0.0680. The zero-order chi connectivity index (χ0) is 12.4. The molecule has 0 aliphatic carbocycles. The van der Waals surface area contributed by atoms with E-state index in [9.17, 15) is 14.3 Å². The lowest BCUT2D eigenvalue weighted by Crippen LogP contribution is -2.11. The molecule has 2 aromatic rings. The summed E-state index contributed by atoms with van der Waals surface area (Å²) in [6.45, 7) is 0.0833. The van der Waals surface area contributed by atoms with Crippen LogP contribution in [0.4, 0.5) is 4.39 Å². The molecule has 2 rings (SSSR count). The largest absolute Gasteiger partial charge is 0.504 e. The minimum atomic E-state index is -1.28. The zero-order valence-corrected chi connectivity index (χ0v) is 8.67. The van der Waals surface area contributed by atoms with E-state index < -0.39 is 17.5 Å². The smallest absolute Gasteiger partial charge is 0.358 e. The highest BCUT2D eigenvalue weighted by atomic mass is 19.1. The van der Waals surface area contributed by atoms with Crippen molar-refractivity contribution in [1.29, 1.82) is 0 Å². The molecule has 2 N–H and O–H groups in total. The van der Waals surface area contributed by atoms with Gasteiger partial charge in [-0.05, 0) is 17.7 Å². The maximum atomic E-state index is 12.9. The van der Waals surface area contributed by atoms with Crippen LogP contribution in [0.25, 0.3) is 0 Å². The Balaban J connectivity index is 2.33. The summed E-state index contributed by atoms with van der Waals surface area (Å²) in [4.78, 5) is 10.9. The molecule has 0 unspecified atom stereocenters.